The van der Waals surface area contributed by atoms with Crippen molar-refractivity contribution in [1.29, 1.82) is 0 Å². The third kappa shape index (κ3) is 3.18. The molecule has 0 radical (unpaired) electrons. The maximum Gasteiger partial charge on any atom is 0.244 e. The van der Waals surface area contributed by atoms with Crippen molar-refractivity contribution in [2.75, 3.05) is 20.1 Å². The Hall–Kier alpha value is -0.430. The maximum atomic E-state index is 12.7. The molecular formula is C13H22N2O2S2. The number of piperidine rings is 1. The molecule has 2 heterocycles. The molecule has 0 aromatic carbocycles. The van der Waals surface area contributed by atoms with E-state index in [4.69, 9.17) is 0 Å². The van der Waals surface area contributed by atoms with Gasteiger partial charge in [-0.05, 0) is 36.8 Å². The number of hydrogen-bond acceptors (Lipinski definition) is 4. The van der Waals surface area contributed by atoms with Gasteiger partial charge in [0.1, 0.15) is 0 Å². The molecule has 0 atom stereocenters. The molecule has 1 aliphatic heterocycles. The first-order valence-corrected chi connectivity index (χ1v) is 8.90. The van der Waals surface area contributed by atoms with Gasteiger partial charge in [0.25, 0.3) is 0 Å². The Morgan fingerprint density at radius 3 is 2.84 bits per heavy atom. The Kier molecular flexibility index (Phi) is 4.35. The fraction of sp³-hybridized carbons (Fsp3) is 0.692. The van der Waals surface area contributed by atoms with Gasteiger partial charge < -0.3 is 5.32 Å². The lowest BCUT2D eigenvalue weighted by molar-refractivity contribution is 0.187. The summed E-state index contributed by atoms with van der Waals surface area (Å²) in [4.78, 5) is 1.37. The molecule has 1 fully saturated rings. The zero-order valence-corrected chi connectivity index (χ0v) is 13.4. The fourth-order valence-electron chi connectivity index (χ4n) is 2.56. The summed E-state index contributed by atoms with van der Waals surface area (Å²) in [6.45, 7) is 6.13. The largest absolute Gasteiger partial charge is 0.315 e. The second kappa shape index (κ2) is 5.52. The van der Waals surface area contributed by atoms with Crippen LogP contribution in [0.25, 0.3) is 0 Å². The SMILES string of the molecule is CNCc1sccc1S(=O)(=O)N1CCCC(C)(C)C1. The summed E-state index contributed by atoms with van der Waals surface area (Å²) in [5.41, 5.74) is 0.0739. The Balaban J connectivity index is 2.29. The van der Waals surface area contributed by atoms with Gasteiger partial charge in [0, 0.05) is 24.5 Å². The number of hydrogen-bond donors (Lipinski definition) is 1. The topological polar surface area (TPSA) is 49.4 Å². The first-order chi connectivity index (χ1) is 8.87. The second-order valence-corrected chi connectivity index (χ2v) is 8.75. The molecule has 2 rings (SSSR count). The van der Waals surface area contributed by atoms with Gasteiger partial charge in [-0.25, -0.2) is 8.42 Å². The van der Waals surface area contributed by atoms with Crippen molar-refractivity contribution >= 4 is 21.4 Å². The van der Waals surface area contributed by atoms with Crippen molar-refractivity contribution in [2.45, 2.75) is 38.1 Å². The molecule has 1 aromatic heterocycles. The van der Waals surface area contributed by atoms with Crippen LogP contribution in [-0.4, -0.2) is 32.9 Å². The quantitative estimate of drug-likeness (QED) is 0.928. The van der Waals surface area contributed by atoms with Gasteiger partial charge in [-0.3, -0.25) is 0 Å². The van der Waals surface area contributed by atoms with E-state index in [0.29, 0.717) is 24.5 Å². The second-order valence-electron chi connectivity index (χ2n) is 5.84. The van der Waals surface area contributed by atoms with E-state index < -0.39 is 10.0 Å². The molecule has 0 aliphatic carbocycles. The average Bonchev–Trinajstić information content (AvgIpc) is 2.77. The van der Waals surface area contributed by atoms with Gasteiger partial charge in [-0.2, -0.15) is 4.31 Å². The average molecular weight is 302 g/mol. The van der Waals surface area contributed by atoms with Crippen LogP contribution in [0, 0.1) is 5.41 Å². The Morgan fingerprint density at radius 2 is 2.21 bits per heavy atom. The molecule has 1 saturated heterocycles. The van der Waals surface area contributed by atoms with Crippen molar-refractivity contribution in [2.24, 2.45) is 5.41 Å². The molecule has 108 valence electrons. The minimum absolute atomic E-state index is 0.0739. The molecule has 4 nitrogen and oxygen atoms in total. The van der Waals surface area contributed by atoms with E-state index in [-0.39, 0.29) is 5.41 Å². The summed E-state index contributed by atoms with van der Waals surface area (Å²) in [5, 5.41) is 4.89. The summed E-state index contributed by atoms with van der Waals surface area (Å²) in [5.74, 6) is 0. The van der Waals surface area contributed by atoms with Crippen LogP contribution < -0.4 is 5.32 Å². The van der Waals surface area contributed by atoms with Gasteiger partial charge in [-0.15, -0.1) is 11.3 Å². The molecule has 1 N–H and O–H groups in total. The van der Waals surface area contributed by atoms with E-state index in [1.54, 1.807) is 10.4 Å². The third-order valence-electron chi connectivity index (χ3n) is 3.53. The van der Waals surface area contributed by atoms with Crippen LogP contribution >= 0.6 is 11.3 Å². The highest BCUT2D eigenvalue weighted by Gasteiger charge is 2.35. The Labute approximate surface area is 119 Å². The summed E-state index contributed by atoms with van der Waals surface area (Å²) < 4.78 is 27.1. The smallest absolute Gasteiger partial charge is 0.244 e. The molecule has 0 amide bonds. The highest BCUT2D eigenvalue weighted by Crippen LogP contribution is 2.33. The fourth-order valence-corrected chi connectivity index (χ4v) is 5.66. The van der Waals surface area contributed by atoms with Crippen molar-refractivity contribution < 1.29 is 8.42 Å². The van der Waals surface area contributed by atoms with E-state index in [2.05, 4.69) is 19.2 Å². The zero-order valence-electron chi connectivity index (χ0n) is 11.8. The standard InChI is InChI=1S/C13H22N2O2S2/c1-13(2)6-4-7-15(10-13)19(16,17)12-5-8-18-11(12)9-14-3/h5,8,14H,4,6-7,9-10H2,1-3H3. The molecule has 0 saturated carbocycles. The van der Waals surface area contributed by atoms with Crippen molar-refractivity contribution in [3.63, 3.8) is 0 Å². The van der Waals surface area contributed by atoms with E-state index in [0.717, 1.165) is 17.7 Å². The van der Waals surface area contributed by atoms with Crippen LogP contribution in [0.5, 0.6) is 0 Å². The van der Waals surface area contributed by atoms with Crippen LogP contribution in [0.3, 0.4) is 0 Å². The number of nitrogens with zero attached hydrogens (tertiary/aromatic N) is 1. The van der Waals surface area contributed by atoms with Crippen LogP contribution in [0.2, 0.25) is 0 Å². The molecular weight excluding hydrogens is 280 g/mol. The first kappa shape index (κ1) is 15.0. The molecule has 19 heavy (non-hydrogen) atoms. The Morgan fingerprint density at radius 1 is 1.47 bits per heavy atom. The predicted molar refractivity (Wildman–Crippen MR) is 78.9 cm³/mol. The molecule has 0 spiro atoms. The normalized spacial score (nSPS) is 20.6. The summed E-state index contributed by atoms with van der Waals surface area (Å²) in [6, 6.07) is 1.73. The summed E-state index contributed by atoms with van der Waals surface area (Å²) in [6.07, 6.45) is 2.03. The van der Waals surface area contributed by atoms with Crippen molar-refractivity contribution in [3.05, 3.63) is 16.3 Å². The number of rotatable bonds is 4. The zero-order chi connectivity index (χ0) is 14.1. The monoisotopic (exact) mass is 302 g/mol. The minimum atomic E-state index is -3.34. The number of nitrogens with one attached hydrogen (secondary N) is 1. The van der Waals surface area contributed by atoms with Crippen LogP contribution in [0.4, 0.5) is 0 Å². The van der Waals surface area contributed by atoms with Gasteiger partial charge in [0.05, 0.1) is 4.90 Å². The predicted octanol–water partition coefficient (Wildman–Crippen LogP) is 2.28. The van der Waals surface area contributed by atoms with Crippen LogP contribution in [-0.2, 0) is 16.6 Å². The highest BCUT2D eigenvalue weighted by molar-refractivity contribution is 7.89. The molecule has 1 aromatic rings. The lowest BCUT2D eigenvalue weighted by Crippen LogP contribution is -2.43. The lowest BCUT2D eigenvalue weighted by Gasteiger charge is -2.37. The summed E-state index contributed by atoms with van der Waals surface area (Å²) in [7, 11) is -1.51. The highest BCUT2D eigenvalue weighted by atomic mass is 32.2. The van der Waals surface area contributed by atoms with Gasteiger partial charge in [0.2, 0.25) is 10.0 Å². The first-order valence-electron chi connectivity index (χ1n) is 6.58. The van der Waals surface area contributed by atoms with E-state index in [1.807, 2.05) is 12.4 Å². The minimum Gasteiger partial charge on any atom is -0.315 e. The Bertz CT molecular complexity index is 535. The molecule has 6 heteroatoms. The molecule has 0 bridgehead atoms. The number of sulfonamides is 1. The summed E-state index contributed by atoms with van der Waals surface area (Å²) >= 11 is 1.50. The van der Waals surface area contributed by atoms with Crippen LogP contribution in [0.1, 0.15) is 31.6 Å². The van der Waals surface area contributed by atoms with Crippen molar-refractivity contribution in [3.8, 4) is 0 Å². The van der Waals surface area contributed by atoms with E-state index in [1.165, 1.54) is 11.3 Å². The third-order valence-corrected chi connectivity index (χ3v) is 6.51. The maximum absolute atomic E-state index is 12.7. The lowest BCUT2D eigenvalue weighted by atomic mass is 9.85. The van der Waals surface area contributed by atoms with Gasteiger partial charge in [-0.1, -0.05) is 13.8 Å². The van der Waals surface area contributed by atoms with E-state index >= 15 is 0 Å². The molecule has 0 unspecified atom stereocenters. The number of thiophene rings is 1. The molecule has 1 aliphatic rings. The van der Waals surface area contributed by atoms with Gasteiger partial charge >= 0.3 is 0 Å². The van der Waals surface area contributed by atoms with E-state index in [9.17, 15) is 8.42 Å². The van der Waals surface area contributed by atoms with Crippen LogP contribution in [0.15, 0.2) is 16.3 Å². The van der Waals surface area contributed by atoms with Crippen molar-refractivity contribution in [1.82, 2.24) is 9.62 Å². The van der Waals surface area contributed by atoms with Gasteiger partial charge in [0.15, 0.2) is 0 Å².